The van der Waals surface area contributed by atoms with Crippen LogP contribution in [0.2, 0.25) is 0 Å². The topological polar surface area (TPSA) is 75.2 Å². The lowest BCUT2D eigenvalue weighted by Gasteiger charge is -2.15. The van der Waals surface area contributed by atoms with Crippen LogP contribution in [0.3, 0.4) is 0 Å². The lowest BCUT2D eigenvalue weighted by molar-refractivity contribution is -0.127. The third-order valence-electron chi connectivity index (χ3n) is 4.08. The zero-order valence-corrected chi connectivity index (χ0v) is 17.7. The normalized spacial score (nSPS) is 12.5. The van der Waals surface area contributed by atoms with E-state index in [2.05, 4.69) is 34.7 Å². The first-order chi connectivity index (χ1) is 13.5. The Hall–Kier alpha value is -2.12. The molecule has 0 aliphatic heterocycles. The van der Waals surface area contributed by atoms with Crippen LogP contribution in [0.15, 0.2) is 35.3 Å². The number of amides is 1. The Morgan fingerprint density at radius 2 is 1.75 bits per heavy atom. The quantitative estimate of drug-likeness (QED) is 0.306. The van der Waals surface area contributed by atoms with Crippen LogP contribution in [-0.4, -0.2) is 70.3 Å². The number of hydrogen-bond donors (Lipinski definition) is 2. The zero-order valence-electron chi connectivity index (χ0n) is 17.7. The van der Waals surface area contributed by atoms with Crippen LogP contribution < -0.4 is 10.6 Å². The molecular weight excluding hydrogens is 356 g/mol. The molecule has 1 amide bonds. The molecule has 1 rings (SSSR count). The molecule has 28 heavy (non-hydrogen) atoms. The molecule has 7 nitrogen and oxygen atoms in total. The van der Waals surface area contributed by atoms with Gasteiger partial charge in [0, 0.05) is 47.0 Å². The minimum absolute atomic E-state index is 0.0320. The molecule has 7 heteroatoms. The van der Waals surface area contributed by atoms with Crippen molar-refractivity contribution in [1.82, 2.24) is 15.5 Å². The van der Waals surface area contributed by atoms with E-state index in [1.165, 1.54) is 10.5 Å². The minimum Gasteiger partial charge on any atom is -0.382 e. The van der Waals surface area contributed by atoms with Crippen LogP contribution in [0.4, 0.5) is 0 Å². The highest BCUT2D eigenvalue weighted by molar-refractivity contribution is 5.84. The Kier molecular flexibility index (Phi) is 12.7. The summed E-state index contributed by atoms with van der Waals surface area (Å²) in [4.78, 5) is 17.7. The van der Waals surface area contributed by atoms with Gasteiger partial charge in [0.05, 0.1) is 6.10 Å². The van der Waals surface area contributed by atoms with Crippen molar-refractivity contribution in [1.29, 1.82) is 0 Å². The molecule has 1 atom stereocenters. The van der Waals surface area contributed by atoms with Gasteiger partial charge in [0.1, 0.15) is 6.54 Å². The molecule has 0 heterocycles. The van der Waals surface area contributed by atoms with E-state index < -0.39 is 0 Å². The molecule has 0 radical (unpaired) electrons. The first-order valence-corrected chi connectivity index (χ1v) is 10.0. The second kappa shape index (κ2) is 14.9. The average molecular weight is 393 g/mol. The molecule has 0 fully saturated rings. The van der Waals surface area contributed by atoms with Crippen molar-refractivity contribution in [2.75, 3.05) is 53.6 Å². The minimum atomic E-state index is -0.0320. The van der Waals surface area contributed by atoms with Crippen LogP contribution in [0.25, 0.3) is 0 Å². The Balaban J connectivity index is 2.34. The van der Waals surface area contributed by atoms with Crippen molar-refractivity contribution >= 4 is 11.9 Å². The maximum atomic E-state index is 11.8. The van der Waals surface area contributed by atoms with E-state index in [1.54, 1.807) is 14.1 Å². The molecule has 158 valence electrons. The zero-order chi connectivity index (χ0) is 20.6. The summed E-state index contributed by atoms with van der Waals surface area (Å²) in [6, 6.07) is 10.2. The van der Waals surface area contributed by atoms with Gasteiger partial charge < -0.3 is 25.0 Å². The highest BCUT2D eigenvalue weighted by Crippen LogP contribution is 2.15. The fraction of sp³-hybridized carbons (Fsp3) is 0.619. The largest absolute Gasteiger partial charge is 0.382 e. The smallest absolute Gasteiger partial charge is 0.243 e. The number of ether oxygens (including phenoxy) is 2. The van der Waals surface area contributed by atoms with Gasteiger partial charge >= 0.3 is 0 Å². The van der Waals surface area contributed by atoms with E-state index in [-0.39, 0.29) is 18.6 Å². The molecule has 1 unspecified atom stereocenters. The van der Waals surface area contributed by atoms with Gasteiger partial charge in [0.2, 0.25) is 5.91 Å². The molecule has 0 saturated heterocycles. The molecule has 0 saturated carbocycles. The molecule has 0 bridgehead atoms. The summed E-state index contributed by atoms with van der Waals surface area (Å²) in [7, 11) is 3.46. The van der Waals surface area contributed by atoms with E-state index in [1.807, 2.05) is 25.1 Å². The standard InChI is InChI=1S/C21H36N4O3/c1-5-27-15-9-13-22-21(24-17-20(26)25(3)4)23-14-10-16-28-18(2)19-11-7-6-8-12-19/h6-8,11-12,18H,5,9-10,13-17H2,1-4H3,(H2,22,23,24). The summed E-state index contributed by atoms with van der Waals surface area (Å²) >= 11 is 0. The number of nitrogens with zero attached hydrogens (tertiary/aromatic N) is 2. The highest BCUT2D eigenvalue weighted by atomic mass is 16.5. The summed E-state index contributed by atoms with van der Waals surface area (Å²) in [6.07, 6.45) is 1.80. The second-order valence-electron chi connectivity index (χ2n) is 6.63. The Bertz CT molecular complexity index is 564. The van der Waals surface area contributed by atoms with Crippen molar-refractivity contribution in [3.63, 3.8) is 0 Å². The van der Waals surface area contributed by atoms with E-state index in [0.29, 0.717) is 19.2 Å². The van der Waals surface area contributed by atoms with Gasteiger partial charge in [0.25, 0.3) is 0 Å². The number of carbonyl (C=O) groups excluding carboxylic acids is 1. The highest BCUT2D eigenvalue weighted by Gasteiger charge is 2.06. The van der Waals surface area contributed by atoms with Crippen molar-refractivity contribution in [3.8, 4) is 0 Å². The number of carbonyl (C=O) groups is 1. The van der Waals surface area contributed by atoms with E-state index >= 15 is 0 Å². The van der Waals surface area contributed by atoms with Gasteiger partial charge in [-0.15, -0.1) is 0 Å². The maximum Gasteiger partial charge on any atom is 0.243 e. The fourth-order valence-electron chi connectivity index (χ4n) is 2.35. The Labute approximate surface area is 169 Å². The average Bonchev–Trinajstić information content (AvgIpc) is 2.71. The fourth-order valence-corrected chi connectivity index (χ4v) is 2.35. The number of benzene rings is 1. The predicted molar refractivity (Wildman–Crippen MR) is 114 cm³/mol. The molecule has 0 aliphatic carbocycles. The molecular formula is C21H36N4O3. The van der Waals surface area contributed by atoms with Crippen LogP contribution in [0.1, 0.15) is 38.4 Å². The van der Waals surface area contributed by atoms with E-state index in [0.717, 1.165) is 32.5 Å². The SMILES string of the molecule is CCOCCCNC(=NCC(=O)N(C)C)NCCCOC(C)c1ccccc1. The third-order valence-corrected chi connectivity index (χ3v) is 4.08. The number of nitrogens with one attached hydrogen (secondary N) is 2. The van der Waals surface area contributed by atoms with Gasteiger partial charge in [0.15, 0.2) is 5.96 Å². The summed E-state index contributed by atoms with van der Waals surface area (Å²) in [5, 5.41) is 6.51. The van der Waals surface area contributed by atoms with Crippen LogP contribution in [0.5, 0.6) is 0 Å². The molecule has 0 aliphatic rings. The van der Waals surface area contributed by atoms with Crippen LogP contribution in [-0.2, 0) is 14.3 Å². The molecule has 1 aromatic rings. The summed E-state index contributed by atoms with van der Waals surface area (Å²) in [5.74, 6) is 0.609. The van der Waals surface area contributed by atoms with Gasteiger partial charge in [-0.2, -0.15) is 0 Å². The summed E-state index contributed by atoms with van der Waals surface area (Å²) < 4.78 is 11.2. The lowest BCUT2D eigenvalue weighted by atomic mass is 10.1. The monoisotopic (exact) mass is 392 g/mol. The van der Waals surface area contributed by atoms with Gasteiger partial charge in [-0.3, -0.25) is 4.79 Å². The van der Waals surface area contributed by atoms with Crippen LogP contribution in [0, 0.1) is 0 Å². The van der Waals surface area contributed by atoms with Gasteiger partial charge in [-0.05, 0) is 32.3 Å². The van der Waals surface area contributed by atoms with Crippen molar-refractivity contribution in [2.24, 2.45) is 4.99 Å². The first-order valence-electron chi connectivity index (χ1n) is 10.0. The Morgan fingerprint density at radius 1 is 1.11 bits per heavy atom. The van der Waals surface area contributed by atoms with Crippen molar-refractivity contribution < 1.29 is 14.3 Å². The van der Waals surface area contributed by atoms with Crippen molar-refractivity contribution in [2.45, 2.75) is 32.8 Å². The molecule has 1 aromatic carbocycles. The molecule has 2 N–H and O–H groups in total. The Morgan fingerprint density at radius 3 is 2.36 bits per heavy atom. The molecule has 0 aromatic heterocycles. The third kappa shape index (κ3) is 10.9. The van der Waals surface area contributed by atoms with Crippen LogP contribution >= 0.6 is 0 Å². The predicted octanol–water partition coefficient (Wildman–Crippen LogP) is 2.20. The number of rotatable bonds is 13. The number of hydrogen-bond acceptors (Lipinski definition) is 4. The van der Waals surface area contributed by atoms with E-state index in [4.69, 9.17) is 9.47 Å². The number of guanidine groups is 1. The van der Waals surface area contributed by atoms with Gasteiger partial charge in [-0.25, -0.2) is 4.99 Å². The molecule has 0 spiro atoms. The maximum absolute atomic E-state index is 11.8. The number of aliphatic imine (C=N–C) groups is 1. The summed E-state index contributed by atoms with van der Waals surface area (Å²) in [6.45, 7) is 7.69. The van der Waals surface area contributed by atoms with E-state index in [9.17, 15) is 4.79 Å². The lowest BCUT2D eigenvalue weighted by Crippen LogP contribution is -2.40. The summed E-state index contributed by atoms with van der Waals surface area (Å²) in [5.41, 5.74) is 1.18. The van der Waals surface area contributed by atoms with Crippen molar-refractivity contribution in [3.05, 3.63) is 35.9 Å². The number of likely N-dealkylation sites (N-methyl/N-ethyl adjacent to an activating group) is 1. The first kappa shape index (κ1) is 23.9. The second-order valence-corrected chi connectivity index (χ2v) is 6.63. The van der Waals surface area contributed by atoms with Gasteiger partial charge in [-0.1, -0.05) is 30.3 Å².